The summed E-state index contributed by atoms with van der Waals surface area (Å²) >= 11 is 0. The topological polar surface area (TPSA) is 59.0 Å². The van der Waals surface area contributed by atoms with Gasteiger partial charge in [0.15, 0.2) is 0 Å². The Hall–Kier alpha value is -1.23. The zero-order valence-corrected chi connectivity index (χ0v) is 16.6. The van der Waals surface area contributed by atoms with E-state index in [0.717, 1.165) is 38.6 Å². The highest BCUT2D eigenvalue weighted by atomic mass is 16.7. The number of fused-ring (bicyclic) bond motifs is 5. The highest BCUT2D eigenvalue weighted by Gasteiger charge is 2.60. The molecule has 26 heavy (non-hydrogen) atoms. The van der Waals surface area contributed by atoms with E-state index in [2.05, 4.69) is 13.8 Å². The molecule has 0 bridgehead atoms. The number of amides is 1. The number of carbonyl (C=O) groups excluding carboxylic acids is 2. The van der Waals surface area contributed by atoms with E-state index in [1.165, 1.54) is 10.8 Å². The van der Waals surface area contributed by atoms with Crippen molar-refractivity contribution in [2.45, 2.75) is 58.8 Å². The number of ketones is 1. The summed E-state index contributed by atoms with van der Waals surface area (Å²) in [4.78, 5) is 34.9. The summed E-state index contributed by atoms with van der Waals surface area (Å²) in [5.74, 6) is 2.28. The molecule has 0 radical (unpaired) electrons. The van der Waals surface area contributed by atoms with Crippen LogP contribution >= 0.6 is 0 Å². The number of Topliss-reactive ketones (excluding diaryl/α,β-unsaturated/α-hetero) is 1. The first-order valence-electron chi connectivity index (χ1n) is 10.2. The van der Waals surface area contributed by atoms with Gasteiger partial charge in [0, 0.05) is 43.5 Å². The first-order valence-corrected chi connectivity index (χ1v) is 10.2. The van der Waals surface area contributed by atoms with E-state index < -0.39 is 0 Å². The molecule has 1 heterocycles. The smallest absolute Gasteiger partial charge is 0.249 e. The van der Waals surface area contributed by atoms with Crippen LogP contribution in [-0.2, 0) is 14.4 Å². The van der Waals surface area contributed by atoms with Gasteiger partial charge in [-0.05, 0) is 55.3 Å². The molecule has 4 rings (SSSR count). The van der Waals surface area contributed by atoms with E-state index in [1.54, 1.807) is 14.2 Å². The van der Waals surface area contributed by atoms with E-state index in [0.29, 0.717) is 36.4 Å². The number of rotatable bonds is 2. The second-order valence-corrected chi connectivity index (χ2v) is 9.49. The highest BCUT2D eigenvalue weighted by molar-refractivity contribution is 6.07. The lowest BCUT2D eigenvalue weighted by Crippen LogP contribution is -2.55. The monoisotopic (exact) mass is 360 g/mol. The molecular weight excluding hydrogens is 328 g/mol. The van der Waals surface area contributed by atoms with Gasteiger partial charge in [0.1, 0.15) is 5.78 Å². The summed E-state index contributed by atoms with van der Waals surface area (Å²) in [7, 11) is 3.29. The molecule has 1 amide bonds. The molecule has 6 atom stereocenters. The third-order valence-electron chi connectivity index (χ3n) is 8.58. The molecular formula is C21H32N2O3. The Morgan fingerprint density at radius 2 is 1.96 bits per heavy atom. The molecule has 0 spiro atoms. The van der Waals surface area contributed by atoms with Crippen molar-refractivity contribution in [3.8, 4) is 0 Å². The van der Waals surface area contributed by atoms with Gasteiger partial charge in [0.25, 0.3) is 0 Å². The average Bonchev–Trinajstić information content (AvgIpc) is 2.98. The van der Waals surface area contributed by atoms with Gasteiger partial charge in [-0.1, -0.05) is 13.8 Å². The molecule has 1 unspecified atom stereocenters. The van der Waals surface area contributed by atoms with Crippen molar-refractivity contribution in [2.24, 2.45) is 39.5 Å². The predicted octanol–water partition coefficient (Wildman–Crippen LogP) is 3.28. The van der Waals surface area contributed by atoms with Gasteiger partial charge < -0.3 is 0 Å². The molecule has 144 valence electrons. The molecule has 0 saturated heterocycles. The van der Waals surface area contributed by atoms with Gasteiger partial charge in [0.2, 0.25) is 5.91 Å². The zero-order valence-electron chi connectivity index (χ0n) is 16.6. The minimum atomic E-state index is 0.0545. The van der Waals surface area contributed by atoms with Gasteiger partial charge in [-0.15, -0.1) is 0 Å². The van der Waals surface area contributed by atoms with Crippen LogP contribution in [-0.4, -0.2) is 43.2 Å². The Morgan fingerprint density at radius 1 is 1.19 bits per heavy atom. The number of carbonyl (C=O) groups is 2. The summed E-state index contributed by atoms with van der Waals surface area (Å²) in [6, 6.07) is 0. The van der Waals surface area contributed by atoms with Gasteiger partial charge in [0.05, 0.1) is 7.11 Å². The van der Waals surface area contributed by atoms with Crippen LogP contribution in [0.2, 0.25) is 0 Å². The fourth-order valence-corrected chi connectivity index (χ4v) is 6.92. The Balaban J connectivity index is 1.62. The van der Waals surface area contributed by atoms with E-state index in [4.69, 9.17) is 9.83 Å². The Labute approximate surface area is 156 Å². The van der Waals surface area contributed by atoms with E-state index in [1.807, 2.05) is 0 Å². The van der Waals surface area contributed by atoms with Gasteiger partial charge in [-0.3, -0.25) is 19.4 Å². The van der Waals surface area contributed by atoms with Crippen LogP contribution in [0.1, 0.15) is 58.8 Å². The standard InChI is InChI=1S/C21H32N2O3/c1-20-10-8-16-14(12-22-18-11-13(24)7-9-21(16,18)2)15(20)5-6-17(20)19(25)23(3)26-4/h14-17H,5-12H2,1-4H3/t14-,15-,16+,17?,20-,21+/m0/s1. The number of aliphatic imine (C=N–C) groups is 1. The fourth-order valence-electron chi connectivity index (χ4n) is 6.92. The van der Waals surface area contributed by atoms with Crippen molar-refractivity contribution >= 4 is 17.4 Å². The van der Waals surface area contributed by atoms with Crippen molar-refractivity contribution < 1.29 is 14.4 Å². The molecule has 1 aliphatic heterocycles. The summed E-state index contributed by atoms with van der Waals surface area (Å²) in [6.07, 6.45) is 6.57. The summed E-state index contributed by atoms with van der Waals surface area (Å²) in [6.45, 7) is 5.54. The van der Waals surface area contributed by atoms with Crippen LogP contribution in [0.4, 0.5) is 0 Å². The lowest BCUT2D eigenvalue weighted by Gasteiger charge is -2.56. The quantitative estimate of drug-likeness (QED) is 0.710. The van der Waals surface area contributed by atoms with Gasteiger partial charge in [-0.2, -0.15) is 0 Å². The van der Waals surface area contributed by atoms with Crippen LogP contribution in [0.3, 0.4) is 0 Å². The van der Waals surface area contributed by atoms with E-state index in [9.17, 15) is 9.59 Å². The lowest BCUT2D eigenvalue weighted by atomic mass is 9.49. The fraction of sp³-hybridized carbons (Fsp3) is 0.857. The molecule has 3 fully saturated rings. The number of nitrogens with zero attached hydrogens (tertiary/aromatic N) is 2. The minimum Gasteiger partial charge on any atom is -0.299 e. The Morgan fingerprint density at radius 3 is 2.69 bits per heavy atom. The zero-order chi connectivity index (χ0) is 18.7. The van der Waals surface area contributed by atoms with Crippen molar-refractivity contribution in [1.29, 1.82) is 0 Å². The molecule has 3 aliphatic carbocycles. The highest BCUT2D eigenvalue weighted by Crippen LogP contribution is 2.63. The molecule has 5 nitrogen and oxygen atoms in total. The minimum absolute atomic E-state index is 0.0545. The summed E-state index contributed by atoms with van der Waals surface area (Å²) < 4.78 is 0. The van der Waals surface area contributed by atoms with Gasteiger partial charge in [-0.25, -0.2) is 5.06 Å². The number of hydrogen-bond acceptors (Lipinski definition) is 4. The summed E-state index contributed by atoms with van der Waals surface area (Å²) in [5, 5.41) is 1.41. The summed E-state index contributed by atoms with van der Waals surface area (Å²) in [5.41, 5.74) is 1.33. The van der Waals surface area contributed by atoms with Crippen molar-refractivity contribution in [2.75, 3.05) is 20.7 Å². The first-order chi connectivity index (χ1) is 12.3. The third-order valence-corrected chi connectivity index (χ3v) is 8.58. The molecule has 5 heteroatoms. The molecule has 0 aromatic carbocycles. The van der Waals surface area contributed by atoms with Crippen LogP contribution in [0.25, 0.3) is 0 Å². The largest absolute Gasteiger partial charge is 0.299 e. The van der Waals surface area contributed by atoms with E-state index in [-0.39, 0.29) is 22.7 Å². The maximum Gasteiger partial charge on any atom is 0.249 e. The Bertz CT molecular complexity index is 660. The van der Waals surface area contributed by atoms with Crippen LogP contribution in [0, 0.1) is 34.5 Å². The van der Waals surface area contributed by atoms with Crippen LogP contribution in [0.15, 0.2) is 4.99 Å². The van der Waals surface area contributed by atoms with Crippen molar-refractivity contribution in [3.05, 3.63) is 0 Å². The van der Waals surface area contributed by atoms with Crippen molar-refractivity contribution in [3.63, 3.8) is 0 Å². The van der Waals surface area contributed by atoms with Gasteiger partial charge >= 0.3 is 0 Å². The van der Waals surface area contributed by atoms with Crippen molar-refractivity contribution in [1.82, 2.24) is 5.06 Å². The molecule has 0 N–H and O–H groups in total. The Kier molecular flexibility index (Phi) is 4.29. The molecule has 0 aromatic rings. The SMILES string of the molecule is CON(C)C(=O)C1CC[C@H]2[C@@H]3CN=C4CC(=O)CC[C@]4(C)[C@@H]3CC[C@]12C. The third kappa shape index (κ3) is 2.42. The first kappa shape index (κ1) is 18.1. The van der Waals surface area contributed by atoms with Crippen LogP contribution < -0.4 is 0 Å². The molecule has 4 aliphatic rings. The average molecular weight is 360 g/mol. The second-order valence-electron chi connectivity index (χ2n) is 9.49. The lowest BCUT2D eigenvalue weighted by molar-refractivity contribution is -0.179. The van der Waals surface area contributed by atoms with Crippen LogP contribution in [0.5, 0.6) is 0 Å². The number of hydrogen-bond donors (Lipinski definition) is 0. The maximum atomic E-state index is 12.9. The molecule has 0 aromatic heterocycles. The second kappa shape index (κ2) is 6.15. The van der Waals surface area contributed by atoms with E-state index >= 15 is 0 Å². The normalized spacial score (nSPS) is 44.6. The maximum absolute atomic E-state index is 12.9. The predicted molar refractivity (Wildman–Crippen MR) is 99.6 cm³/mol. The number of hydroxylamine groups is 2. The molecule has 3 saturated carbocycles.